The Labute approximate surface area is 166 Å². The molecule has 5 heteroatoms. The van der Waals surface area contributed by atoms with Gasteiger partial charge in [-0.05, 0) is 41.5 Å². The van der Waals surface area contributed by atoms with Crippen LogP contribution in [0.1, 0.15) is 26.7 Å². The van der Waals surface area contributed by atoms with E-state index in [1.54, 1.807) is 23.1 Å². The van der Waals surface area contributed by atoms with Crippen LogP contribution in [0.3, 0.4) is 0 Å². The highest BCUT2D eigenvalue weighted by Gasteiger charge is 2.20. The number of carbonyl (C=O) groups is 1. The van der Waals surface area contributed by atoms with E-state index in [4.69, 9.17) is 0 Å². The number of aromatic amines is 1. The summed E-state index contributed by atoms with van der Waals surface area (Å²) in [6, 6.07) is 20.2. The fourth-order valence-electron chi connectivity index (χ4n) is 3.36. The molecule has 2 aromatic carbocycles. The largest absolute Gasteiger partial charge is 0.361 e. The fraction of sp³-hybridized carbons (Fsp3) is 0.136. The molecule has 0 bridgehead atoms. The van der Waals surface area contributed by atoms with Crippen LogP contribution in [-0.4, -0.2) is 23.7 Å². The van der Waals surface area contributed by atoms with Gasteiger partial charge in [0.2, 0.25) is 0 Å². The number of thiophene rings is 1. The molecule has 0 radical (unpaired) electrons. The molecule has 0 aliphatic carbocycles. The molecule has 27 heavy (non-hydrogen) atoms. The quantitative estimate of drug-likeness (QED) is 0.425. The van der Waals surface area contributed by atoms with Gasteiger partial charge in [0.1, 0.15) is 0 Å². The number of fused-ring (bicyclic) bond motifs is 1. The minimum atomic E-state index is -0.0265. The van der Waals surface area contributed by atoms with Gasteiger partial charge >= 0.3 is 0 Å². The summed E-state index contributed by atoms with van der Waals surface area (Å²) >= 11 is 3.32. The molecule has 4 rings (SSSR count). The second-order valence-corrected chi connectivity index (χ2v) is 8.10. The summed E-state index contributed by atoms with van der Waals surface area (Å²) in [7, 11) is 0. The molecule has 1 amide bonds. The van der Waals surface area contributed by atoms with Crippen LogP contribution < -0.4 is 5.32 Å². The van der Waals surface area contributed by atoms with Crippen LogP contribution in [0, 0.1) is 0 Å². The van der Waals surface area contributed by atoms with E-state index in [2.05, 4.69) is 52.2 Å². The molecule has 2 heterocycles. The van der Waals surface area contributed by atoms with Crippen LogP contribution in [0.25, 0.3) is 10.9 Å². The molecule has 0 saturated carbocycles. The maximum atomic E-state index is 12.8. The lowest BCUT2D eigenvalue weighted by molar-refractivity contribution is 0.0949. The molecule has 0 spiro atoms. The standard InChI is InChI=1S/C22H20N2OS2/c1-26-20-10-5-3-8-16(20)22(25)24-14-18(21-11-6-12-27-21)17-13-23-19-9-4-2-7-15(17)19/h2-13,18,23H,14H2,1H3,(H,24,25). The lowest BCUT2D eigenvalue weighted by Gasteiger charge is -2.17. The van der Waals surface area contributed by atoms with Crippen molar-refractivity contribution < 1.29 is 4.79 Å². The first kappa shape index (κ1) is 17.9. The summed E-state index contributed by atoms with van der Waals surface area (Å²) in [5.41, 5.74) is 3.06. The van der Waals surface area contributed by atoms with Gasteiger partial charge < -0.3 is 10.3 Å². The minimum Gasteiger partial charge on any atom is -0.361 e. The Bertz CT molecular complexity index is 1050. The first-order valence-electron chi connectivity index (χ1n) is 8.78. The number of para-hydroxylation sites is 1. The molecule has 0 aliphatic heterocycles. The highest BCUT2D eigenvalue weighted by atomic mass is 32.2. The first-order chi connectivity index (χ1) is 13.3. The van der Waals surface area contributed by atoms with Crippen molar-refractivity contribution in [1.82, 2.24) is 10.3 Å². The van der Waals surface area contributed by atoms with Crippen molar-refractivity contribution in [2.24, 2.45) is 0 Å². The third kappa shape index (κ3) is 3.66. The maximum absolute atomic E-state index is 12.8. The first-order valence-corrected chi connectivity index (χ1v) is 10.9. The second-order valence-electron chi connectivity index (χ2n) is 6.27. The van der Waals surface area contributed by atoms with Gasteiger partial charge in [0.15, 0.2) is 0 Å². The number of rotatable bonds is 6. The predicted molar refractivity (Wildman–Crippen MR) is 115 cm³/mol. The molecular weight excluding hydrogens is 372 g/mol. The molecule has 1 unspecified atom stereocenters. The Hall–Kier alpha value is -2.50. The van der Waals surface area contributed by atoms with Gasteiger partial charge in [-0.1, -0.05) is 36.4 Å². The molecule has 136 valence electrons. The molecule has 1 atom stereocenters. The normalized spacial score (nSPS) is 12.2. The van der Waals surface area contributed by atoms with Crippen LogP contribution in [0.15, 0.2) is 77.1 Å². The van der Waals surface area contributed by atoms with Gasteiger partial charge in [-0.15, -0.1) is 23.1 Å². The third-order valence-electron chi connectivity index (χ3n) is 4.70. The van der Waals surface area contributed by atoms with E-state index >= 15 is 0 Å². The van der Waals surface area contributed by atoms with E-state index in [1.807, 2.05) is 36.6 Å². The highest BCUT2D eigenvalue weighted by Crippen LogP contribution is 2.33. The van der Waals surface area contributed by atoms with Crippen molar-refractivity contribution in [2.45, 2.75) is 10.8 Å². The zero-order chi connectivity index (χ0) is 18.6. The number of nitrogens with one attached hydrogen (secondary N) is 2. The highest BCUT2D eigenvalue weighted by molar-refractivity contribution is 7.98. The van der Waals surface area contributed by atoms with Crippen molar-refractivity contribution in [3.63, 3.8) is 0 Å². The fourth-order valence-corrected chi connectivity index (χ4v) is 4.80. The minimum absolute atomic E-state index is 0.0265. The summed E-state index contributed by atoms with van der Waals surface area (Å²) < 4.78 is 0. The zero-order valence-electron chi connectivity index (χ0n) is 14.9. The van der Waals surface area contributed by atoms with E-state index in [0.29, 0.717) is 6.54 Å². The number of hydrogen-bond acceptors (Lipinski definition) is 3. The van der Waals surface area contributed by atoms with Crippen LogP contribution in [0.2, 0.25) is 0 Å². The zero-order valence-corrected chi connectivity index (χ0v) is 16.6. The van der Waals surface area contributed by atoms with E-state index < -0.39 is 0 Å². The molecule has 3 nitrogen and oxygen atoms in total. The summed E-state index contributed by atoms with van der Waals surface area (Å²) in [4.78, 5) is 18.4. The van der Waals surface area contributed by atoms with E-state index in [1.165, 1.54) is 15.8 Å². The number of H-pyrrole nitrogens is 1. The summed E-state index contributed by atoms with van der Waals surface area (Å²) in [5.74, 6) is 0.0906. The third-order valence-corrected chi connectivity index (χ3v) is 6.48. The van der Waals surface area contributed by atoms with Crippen LogP contribution in [0.5, 0.6) is 0 Å². The van der Waals surface area contributed by atoms with Gasteiger partial charge in [-0.2, -0.15) is 0 Å². The van der Waals surface area contributed by atoms with Crippen LogP contribution in [0.4, 0.5) is 0 Å². The monoisotopic (exact) mass is 392 g/mol. The Kier molecular flexibility index (Phi) is 5.32. The van der Waals surface area contributed by atoms with Crippen LogP contribution in [-0.2, 0) is 0 Å². The number of amides is 1. The molecule has 0 saturated heterocycles. The maximum Gasteiger partial charge on any atom is 0.252 e. The van der Waals surface area contributed by atoms with Gasteiger partial charge in [0.05, 0.1) is 5.56 Å². The number of carbonyl (C=O) groups excluding carboxylic acids is 1. The summed E-state index contributed by atoms with van der Waals surface area (Å²) in [6.07, 6.45) is 4.06. The van der Waals surface area contributed by atoms with Crippen molar-refractivity contribution >= 4 is 39.9 Å². The smallest absolute Gasteiger partial charge is 0.252 e. The van der Waals surface area contributed by atoms with Crippen molar-refractivity contribution in [3.8, 4) is 0 Å². The predicted octanol–water partition coefficient (Wildman–Crippen LogP) is 5.51. The van der Waals surface area contributed by atoms with E-state index in [0.717, 1.165) is 16.0 Å². The number of hydrogen-bond donors (Lipinski definition) is 2. The van der Waals surface area contributed by atoms with Gasteiger partial charge in [-0.3, -0.25) is 4.79 Å². The molecule has 0 aliphatic rings. The lowest BCUT2D eigenvalue weighted by Crippen LogP contribution is -2.29. The molecule has 4 aromatic rings. The SMILES string of the molecule is CSc1ccccc1C(=O)NCC(c1cccs1)c1c[nH]c2ccccc12. The molecule has 0 fully saturated rings. The van der Waals surface area contributed by atoms with Crippen molar-refractivity contribution in [3.05, 3.63) is 88.2 Å². The van der Waals surface area contributed by atoms with Gasteiger partial charge in [0, 0.05) is 39.3 Å². The Morgan fingerprint density at radius 2 is 1.93 bits per heavy atom. The van der Waals surface area contributed by atoms with Crippen molar-refractivity contribution in [2.75, 3.05) is 12.8 Å². The number of thioether (sulfide) groups is 1. The number of aromatic nitrogens is 1. The number of benzene rings is 2. The molecular formula is C22H20N2OS2. The summed E-state index contributed by atoms with van der Waals surface area (Å²) in [6.45, 7) is 0.559. The van der Waals surface area contributed by atoms with E-state index in [9.17, 15) is 4.79 Å². The average molecular weight is 393 g/mol. The van der Waals surface area contributed by atoms with Gasteiger partial charge in [0.25, 0.3) is 5.91 Å². The Balaban J connectivity index is 1.62. The van der Waals surface area contributed by atoms with Crippen LogP contribution >= 0.6 is 23.1 Å². The van der Waals surface area contributed by atoms with Crippen molar-refractivity contribution in [1.29, 1.82) is 0 Å². The molecule has 2 aromatic heterocycles. The Morgan fingerprint density at radius 1 is 1.11 bits per heavy atom. The topological polar surface area (TPSA) is 44.9 Å². The molecule has 2 N–H and O–H groups in total. The van der Waals surface area contributed by atoms with Gasteiger partial charge in [-0.25, -0.2) is 0 Å². The van der Waals surface area contributed by atoms with E-state index in [-0.39, 0.29) is 11.8 Å². The Morgan fingerprint density at radius 3 is 2.74 bits per heavy atom. The lowest BCUT2D eigenvalue weighted by atomic mass is 9.96. The second kappa shape index (κ2) is 8.03. The average Bonchev–Trinajstić information content (AvgIpc) is 3.39. The summed E-state index contributed by atoms with van der Waals surface area (Å²) in [5, 5.41) is 6.44.